The van der Waals surface area contributed by atoms with Gasteiger partial charge in [-0.3, -0.25) is 0 Å². The number of benzene rings is 2. The molecule has 0 saturated heterocycles. The summed E-state index contributed by atoms with van der Waals surface area (Å²) in [7, 11) is -3.82. The first-order chi connectivity index (χ1) is 14.9. The number of aliphatic hydroxyl groups is 1. The molecule has 7 heteroatoms. The maximum absolute atomic E-state index is 13.0. The fourth-order valence-corrected chi connectivity index (χ4v) is 4.61. The minimum absolute atomic E-state index is 0.139. The van der Waals surface area contributed by atoms with E-state index in [1.165, 1.54) is 36.5 Å². The van der Waals surface area contributed by atoms with Crippen molar-refractivity contribution >= 4 is 16.1 Å². The van der Waals surface area contributed by atoms with Gasteiger partial charge in [0.1, 0.15) is 23.4 Å². The third-order valence-electron chi connectivity index (χ3n) is 4.76. The van der Waals surface area contributed by atoms with Crippen LogP contribution in [0.1, 0.15) is 28.9 Å². The van der Waals surface area contributed by atoms with Crippen LogP contribution < -0.4 is 0 Å². The van der Waals surface area contributed by atoms with Gasteiger partial charge in [-0.2, -0.15) is 0 Å². The van der Waals surface area contributed by atoms with Gasteiger partial charge in [0.15, 0.2) is 0 Å². The highest BCUT2D eigenvalue weighted by Gasteiger charge is 2.21. The van der Waals surface area contributed by atoms with Crippen LogP contribution in [0.25, 0.3) is 6.08 Å². The number of halogens is 1. The summed E-state index contributed by atoms with van der Waals surface area (Å²) >= 11 is 0. The monoisotopic (exact) mass is 437 g/mol. The molecular formula is C24H20FNO4S. The van der Waals surface area contributed by atoms with Gasteiger partial charge in [0.2, 0.25) is 0 Å². The van der Waals surface area contributed by atoms with Crippen LogP contribution in [0, 0.1) is 5.82 Å². The molecule has 4 rings (SSSR count). The topological polar surface area (TPSA) is 72.4 Å². The summed E-state index contributed by atoms with van der Waals surface area (Å²) in [6.45, 7) is 0. The molecule has 0 aliphatic rings. The smallest absolute Gasteiger partial charge is 0.267 e. The molecule has 158 valence electrons. The second-order valence-corrected chi connectivity index (χ2v) is 8.77. The molecule has 1 atom stereocenters. The quantitative estimate of drug-likeness (QED) is 0.451. The Kier molecular flexibility index (Phi) is 5.88. The Morgan fingerprint density at radius 3 is 2.45 bits per heavy atom. The molecule has 0 radical (unpaired) electrons. The predicted octanol–water partition coefficient (Wildman–Crippen LogP) is 4.79. The van der Waals surface area contributed by atoms with Crippen LogP contribution >= 0.6 is 0 Å². The van der Waals surface area contributed by atoms with E-state index in [2.05, 4.69) is 0 Å². The van der Waals surface area contributed by atoms with Crippen molar-refractivity contribution in [1.29, 1.82) is 0 Å². The average molecular weight is 437 g/mol. The molecule has 0 saturated carbocycles. The van der Waals surface area contributed by atoms with E-state index < -0.39 is 16.1 Å². The minimum atomic E-state index is -3.82. The van der Waals surface area contributed by atoms with Crippen molar-refractivity contribution in [1.82, 2.24) is 3.97 Å². The summed E-state index contributed by atoms with van der Waals surface area (Å²) in [5.41, 5.74) is 1.13. The molecule has 1 N–H and O–H groups in total. The van der Waals surface area contributed by atoms with Crippen molar-refractivity contribution in [3.05, 3.63) is 120 Å². The van der Waals surface area contributed by atoms with Crippen molar-refractivity contribution in [3.8, 4) is 0 Å². The Hall–Kier alpha value is -3.42. The van der Waals surface area contributed by atoms with Crippen LogP contribution in [0.4, 0.5) is 4.39 Å². The lowest BCUT2D eigenvalue weighted by Gasteiger charge is -2.12. The van der Waals surface area contributed by atoms with Crippen LogP contribution in [-0.4, -0.2) is 17.5 Å². The second-order valence-electron chi connectivity index (χ2n) is 6.96. The Balaban J connectivity index is 1.50. The first-order valence-corrected chi connectivity index (χ1v) is 11.0. The Labute approximate surface area is 179 Å². The van der Waals surface area contributed by atoms with E-state index in [0.29, 0.717) is 17.9 Å². The Morgan fingerprint density at radius 1 is 0.968 bits per heavy atom. The first-order valence-electron chi connectivity index (χ1n) is 9.61. The van der Waals surface area contributed by atoms with E-state index in [0.717, 1.165) is 9.54 Å². The number of rotatable bonds is 7. The third kappa shape index (κ3) is 4.68. The predicted molar refractivity (Wildman–Crippen MR) is 115 cm³/mol. The minimum Gasteiger partial charge on any atom is -0.461 e. The van der Waals surface area contributed by atoms with Gasteiger partial charge >= 0.3 is 0 Å². The average Bonchev–Trinajstić information content (AvgIpc) is 3.44. The molecule has 31 heavy (non-hydrogen) atoms. The molecule has 0 aliphatic heterocycles. The molecule has 1 unspecified atom stereocenters. The van der Waals surface area contributed by atoms with E-state index in [1.807, 2.05) is 0 Å². The van der Waals surface area contributed by atoms with Gasteiger partial charge in [0.05, 0.1) is 10.6 Å². The molecule has 5 nitrogen and oxygen atoms in total. The summed E-state index contributed by atoms with van der Waals surface area (Å²) in [5, 5.41) is 10.6. The van der Waals surface area contributed by atoms with Gasteiger partial charge in [0.25, 0.3) is 10.0 Å². The molecule has 0 aliphatic carbocycles. The Morgan fingerprint density at radius 2 is 1.71 bits per heavy atom. The molecule has 0 spiro atoms. The third-order valence-corrected chi connectivity index (χ3v) is 6.48. The zero-order chi connectivity index (χ0) is 21.8. The van der Waals surface area contributed by atoms with Gasteiger partial charge in [-0.25, -0.2) is 16.8 Å². The molecular weight excluding hydrogens is 417 g/mol. The number of aromatic nitrogens is 1. The molecule has 2 aromatic heterocycles. The normalized spacial score (nSPS) is 13.0. The molecule has 0 amide bonds. The van der Waals surface area contributed by atoms with Gasteiger partial charge in [0, 0.05) is 12.6 Å². The summed E-state index contributed by atoms with van der Waals surface area (Å²) in [6, 6.07) is 20.9. The number of nitrogens with zero attached hydrogens (tertiary/aromatic N) is 1. The van der Waals surface area contributed by atoms with Gasteiger partial charge in [-0.15, -0.1) is 0 Å². The van der Waals surface area contributed by atoms with Gasteiger partial charge in [-0.1, -0.05) is 30.3 Å². The molecule has 0 bridgehead atoms. The summed E-state index contributed by atoms with van der Waals surface area (Å²) in [6.07, 6.45) is 3.81. The van der Waals surface area contributed by atoms with Crippen molar-refractivity contribution in [3.63, 3.8) is 0 Å². The van der Waals surface area contributed by atoms with E-state index >= 15 is 0 Å². The zero-order valence-electron chi connectivity index (χ0n) is 16.4. The van der Waals surface area contributed by atoms with E-state index in [1.54, 1.807) is 60.7 Å². The fraction of sp³-hybridized carbons (Fsp3) is 0.0833. The molecule has 4 aromatic rings. The fourth-order valence-electron chi connectivity index (χ4n) is 3.20. The maximum atomic E-state index is 13.0. The van der Waals surface area contributed by atoms with Crippen LogP contribution in [0.5, 0.6) is 0 Å². The number of hydrogen-bond acceptors (Lipinski definition) is 4. The standard InChI is InChI=1S/C24H20FNO4S/c25-19-10-8-18(9-11-19)17-21-13-12-20(30-21)14-15-24(27)23-7-4-16-26(23)31(28,29)22-5-2-1-3-6-22/h1-16,24,27H,17H2. The number of aliphatic hydroxyl groups excluding tert-OH is 1. The highest BCUT2D eigenvalue weighted by atomic mass is 32.2. The van der Waals surface area contributed by atoms with Gasteiger partial charge in [-0.05, 0) is 66.2 Å². The second kappa shape index (κ2) is 8.75. The lowest BCUT2D eigenvalue weighted by atomic mass is 10.1. The van der Waals surface area contributed by atoms with Crippen LogP contribution in [-0.2, 0) is 16.4 Å². The lowest BCUT2D eigenvalue weighted by Crippen LogP contribution is -2.16. The highest BCUT2D eigenvalue weighted by Crippen LogP contribution is 2.23. The van der Waals surface area contributed by atoms with E-state index in [9.17, 15) is 17.9 Å². The highest BCUT2D eigenvalue weighted by molar-refractivity contribution is 7.90. The van der Waals surface area contributed by atoms with Crippen molar-refractivity contribution in [2.75, 3.05) is 0 Å². The van der Waals surface area contributed by atoms with Gasteiger partial charge < -0.3 is 9.52 Å². The Bertz CT molecular complexity index is 1290. The largest absolute Gasteiger partial charge is 0.461 e. The van der Waals surface area contributed by atoms with Crippen LogP contribution in [0.3, 0.4) is 0 Å². The molecule has 2 aromatic carbocycles. The molecule has 2 heterocycles. The molecule has 0 fully saturated rings. The first kappa shape index (κ1) is 20.8. The van der Waals surface area contributed by atoms with E-state index in [-0.39, 0.29) is 16.4 Å². The van der Waals surface area contributed by atoms with Crippen molar-refractivity contribution in [2.24, 2.45) is 0 Å². The summed E-state index contributed by atoms with van der Waals surface area (Å²) in [4.78, 5) is 0.139. The van der Waals surface area contributed by atoms with Crippen LogP contribution in [0.15, 0.2) is 100 Å². The van der Waals surface area contributed by atoms with E-state index in [4.69, 9.17) is 4.42 Å². The zero-order valence-corrected chi connectivity index (χ0v) is 17.2. The summed E-state index contributed by atoms with van der Waals surface area (Å²) in [5.74, 6) is 0.913. The lowest BCUT2D eigenvalue weighted by molar-refractivity contribution is 0.223. The summed E-state index contributed by atoms with van der Waals surface area (Å²) < 4.78 is 45.6. The van der Waals surface area contributed by atoms with Crippen molar-refractivity contribution in [2.45, 2.75) is 17.4 Å². The maximum Gasteiger partial charge on any atom is 0.267 e. The number of furan rings is 1. The van der Waals surface area contributed by atoms with Crippen LogP contribution in [0.2, 0.25) is 0 Å². The number of hydrogen-bond donors (Lipinski definition) is 1. The van der Waals surface area contributed by atoms with Crippen molar-refractivity contribution < 1.29 is 22.3 Å². The SMILES string of the molecule is O=S(=O)(c1ccccc1)n1cccc1C(O)C=Cc1ccc(Cc2ccc(F)cc2)o1.